The molecule has 0 aromatic heterocycles. The normalized spacial score (nSPS) is 21.8. The van der Waals surface area contributed by atoms with Gasteiger partial charge in [-0.15, -0.1) is 0 Å². The van der Waals surface area contributed by atoms with E-state index in [-0.39, 0.29) is 24.3 Å². The Balaban J connectivity index is 1.68. The Bertz CT molecular complexity index is 658. The first-order chi connectivity index (χ1) is 13.1. The van der Waals surface area contributed by atoms with Gasteiger partial charge in [0.25, 0.3) is 0 Å². The number of likely N-dealkylation sites (tertiary alicyclic amines) is 1. The van der Waals surface area contributed by atoms with E-state index in [4.69, 9.17) is 4.74 Å². The van der Waals surface area contributed by atoms with Crippen LogP contribution in [-0.2, 0) is 16.1 Å². The average Bonchev–Trinajstić information content (AvgIpc) is 2.66. The van der Waals surface area contributed by atoms with E-state index in [1.165, 1.54) is 0 Å². The third-order valence-corrected chi connectivity index (χ3v) is 5.27. The lowest BCUT2D eigenvalue weighted by Crippen LogP contribution is -2.56. The molecule has 27 heavy (non-hydrogen) atoms. The maximum atomic E-state index is 12.7. The van der Waals surface area contributed by atoms with E-state index < -0.39 is 6.04 Å². The van der Waals surface area contributed by atoms with Crippen molar-refractivity contribution in [2.24, 2.45) is 0 Å². The van der Waals surface area contributed by atoms with Crippen LogP contribution in [0.5, 0.6) is 5.75 Å². The van der Waals surface area contributed by atoms with Crippen molar-refractivity contribution in [1.82, 2.24) is 15.1 Å². The molecule has 7 heteroatoms. The summed E-state index contributed by atoms with van der Waals surface area (Å²) in [4.78, 5) is 29.0. The third kappa shape index (κ3) is 4.99. The maximum Gasteiger partial charge on any atom is 0.237 e. The van der Waals surface area contributed by atoms with Crippen molar-refractivity contribution >= 4 is 11.8 Å². The van der Waals surface area contributed by atoms with Crippen molar-refractivity contribution in [3.63, 3.8) is 0 Å². The van der Waals surface area contributed by atoms with Gasteiger partial charge in [0.15, 0.2) is 0 Å². The van der Waals surface area contributed by atoms with Crippen molar-refractivity contribution < 1.29 is 19.4 Å². The Morgan fingerprint density at radius 3 is 2.74 bits per heavy atom. The summed E-state index contributed by atoms with van der Waals surface area (Å²) in [7, 11) is 0. The molecule has 1 aromatic carbocycles. The van der Waals surface area contributed by atoms with Gasteiger partial charge in [-0.05, 0) is 25.8 Å². The van der Waals surface area contributed by atoms with Crippen LogP contribution < -0.4 is 10.1 Å². The molecule has 0 radical (unpaired) electrons. The molecular formula is C20H29N3O4. The zero-order chi connectivity index (χ0) is 19.2. The van der Waals surface area contributed by atoms with Crippen LogP contribution in [0.4, 0.5) is 0 Å². The van der Waals surface area contributed by atoms with Crippen LogP contribution in [0.1, 0.15) is 31.7 Å². The first-order valence-corrected chi connectivity index (χ1v) is 9.76. The predicted molar refractivity (Wildman–Crippen MR) is 101 cm³/mol. The molecule has 7 nitrogen and oxygen atoms in total. The zero-order valence-electron chi connectivity index (χ0n) is 15.9. The number of piperidine rings is 1. The summed E-state index contributed by atoms with van der Waals surface area (Å²) in [5.74, 6) is 0.702. The molecule has 2 aliphatic heterocycles. The molecule has 2 fully saturated rings. The van der Waals surface area contributed by atoms with Gasteiger partial charge in [-0.25, -0.2) is 0 Å². The summed E-state index contributed by atoms with van der Waals surface area (Å²) in [6.07, 6.45) is 1.06. The smallest absolute Gasteiger partial charge is 0.237 e. The summed E-state index contributed by atoms with van der Waals surface area (Å²) in [6, 6.07) is 7.35. The lowest BCUT2D eigenvalue weighted by Gasteiger charge is -2.37. The van der Waals surface area contributed by atoms with Crippen LogP contribution in [0, 0.1) is 0 Å². The highest BCUT2D eigenvalue weighted by Crippen LogP contribution is 2.23. The molecule has 1 aromatic rings. The molecule has 2 N–H and O–H groups in total. The van der Waals surface area contributed by atoms with Crippen LogP contribution in [0.3, 0.4) is 0 Å². The van der Waals surface area contributed by atoms with Crippen molar-refractivity contribution in [3.05, 3.63) is 29.8 Å². The van der Waals surface area contributed by atoms with Gasteiger partial charge in [0.2, 0.25) is 11.8 Å². The average molecular weight is 375 g/mol. The minimum atomic E-state index is -0.479. The van der Waals surface area contributed by atoms with Crippen LogP contribution >= 0.6 is 0 Å². The van der Waals surface area contributed by atoms with Gasteiger partial charge in [0, 0.05) is 38.3 Å². The highest BCUT2D eigenvalue weighted by atomic mass is 16.5. The first kappa shape index (κ1) is 19.6. The molecule has 0 bridgehead atoms. The number of aliphatic hydroxyl groups excluding tert-OH is 1. The van der Waals surface area contributed by atoms with Crippen LogP contribution in [0.2, 0.25) is 0 Å². The monoisotopic (exact) mass is 375 g/mol. The fourth-order valence-corrected chi connectivity index (χ4v) is 3.73. The van der Waals surface area contributed by atoms with Gasteiger partial charge in [-0.2, -0.15) is 0 Å². The lowest BCUT2D eigenvalue weighted by molar-refractivity contribution is -0.140. The number of aliphatic hydroxyl groups is 1. The predicted octanol–water partition coefficient (Wildman–Crippen LogP) is 0.759. The summed E-state index contributed by atoms with van der Waals surface area (Å²) >= 11 is 0. The van der Waals surface area contributed by atoms with Crippen molar-refractivity contribution in [1.29, 1.82) is 0 Å². The third-order valence-electron chi connectivity index (χ3n) is 5.27. The number of hydrogen-bond donors (Lipinski definition) is 2. The van der Waals surface area contributed by atoms with Gasteiger partial charge in [-0.1, -0.05) is 18.2 Å². The van der Waals surface area contributed by atoms with Crippen LogP contribution in [0.15, 0.2) is 24.3 Å². The van der Waals surface area contributed by atoms with E-state index in [0.717, 1.165) is 11.3 Å². The minimum Gasteiger partial charge on any atom is -0.494 e. The second-order valence-electron chi connectivity index (χ2n) is 7.13. The SMILES string of the molecule is CCOc1ccccc1CN1CCNC(=O)C1CC(=O)N1CCC(O)CC1. The Labute approximate surface area is 160 Å². The highest BCUT2D eigenvalue weighted by molar-refractivity contribution is 5.88. The number of carbonyl (C=O) groups excluding carboxylic acids is 2. The molecule has 0 spiro atoms. The molecule has 0 aliphatic carbocycles. The molecule has 2 saturated heterocycles. The summed E-state index contributed by atoms with van der Waals surface area (Å²) < 4.78 is 5.70. The van der Waals surface area contributed by atoms with E-state index >= 15 is 0 Å². The number of rotatable bonds is 6. The molecule has 2 heterocycles. The van der Waals surface area contributed by atoms with Crippen molar-refractivity contribution in [2.45, 2.75) is 44.9 Å². The van der Waals surface area contributed by atoms with E-state index in [1.54, 1.807) is 4.90 Å². The van der Waals surface area contributed by atoms with Crippen LogP contribution in [-0.4, -0.2) is 71.7 Å². The zero-order valence-corrected chi connectivity index (χ0v) is 15.9. The van der Waals surface area contributed by atoms with E-state index in [0.29, 0.717) is 52.2 Å². The molecule has 0 saturated carbocycles. The van der Waals surface area contributed by atoms with E-state index in [2.05, 4.69) is 10.2 Å². The topological polar surface area (TPSA) is 82.1 Å². The van der Waals surface area contributed by atoms with Crippen molar-refractivity contribution in [3.8, 4) is 5.75 Å². The Kier molecular flexibility index (Phi) is 6.68. The van der Waals surface area contributed by atoms with E-state index in [1.807, 2.05) is 31.2 Å². The molecule has 1 atom stereocenters. The number of hydrogen-bond acceptors (Lipinski definition) is 5. The highest BCUT2D eigenvalue weighted by Gasteiger charge is 2.34. The second-order valence-corrected chi connectivity index (χ2v) is 7.13. The number of ether oxygens (including phenoxy) is 1. The Morgan fingerprint density at radius 1 is 1.26 bits per heavy atom. The Hall–Kier alpha value is -2.12. The number of carbonyl (C=O) groups is 2. The van der Waals surface area contributed by atoms with Gasteiger partial charge in [0.05, 0.1) is 25.2 Å². The number of amides is 2. The van der Waals surface area contributed by atoms with Gasteiger partial charge < -0.3 is 20.1 Å². The number of piperazine rings is 1. The molecule has 148 valence electrons. The number of nitrogens with one attached hydrogen (secondary N) is 1. The number of para-hydroxylation sites is 1. The summed E-state index contributed by atoms with van der Waals surface area (Å²) in [5, 5.41) is 12.5. The number of nitrogens with zero attached hydrogens (tertiary/aromatic N) is 2. The van der Waals surface area contributed by atoms with Crippen LogP contribution in [0.25, 0.3) is 0 Å². The molecule has 2 aliphatic rings. The standard InChI is InChI=1S/C20H29N3O4/c1-2-27-18-6-4-3-5-15(18)14-23-12-9-21-20(26)17(23)13-19(25)22-10-7-16(24)8-11-22/h3-6,16-17,24H,2,7-14H2,1H3,(H,21,26). The second kappa shape index (κ2) is 9.19. The summed E-state index contributed by atoms with van der Waals surface area (Å²) in [5.41, 5.74) is 1.02. The molecular weight excluding hydrogens is 346 g/mol. The first-order valence-electron chi connectivity index (χ1n) is 9.76. The van der Waals surface area contributed by atoms with Gasteiger partial charge >= 0.3 is 0 Å². The fourth-order valence-electron chi connectivity index (χ4n) is 3.73. The summed E-state index contributed by atoms with van der Waals surface area (Å²) in [6.45, 7) is 5.49. The number of benzene rings is 1. The minimum absolute atomic E-state index is 0.0213. The molecule has 1 unspecified atom stereocenters. The van der Waals surface area contributed by atoms with Crippen molar-refractivity contribution in [2.75, 3.05) is 32.8 Å². The quantitative estimate of drug-likeness (QED) is 0.767. The van der Waals surface area contributed by atoms with E-state index in [9.17, 15) is 14.7 Å². The van der Waals surface area contributed by atoms with Gasteiger partial charge in [0.1, 0.15) is 5.75 Å². The molecule has 3 rings (SSSR count). The Morgan fingerprint density at radius 2 is 2.00 bits per heavy atom. The largest absolute Gasteiger partial charge is 0.494 e. The lowest BCUT2D eigenvalue weighted by atomic mass is 10.0. The van der Waals surface area contributed by atoms with Gasteiger partial charge in [-0.3, -0.25) is 14.5 Å². The fraction of sp³-hybridized carbons (Fsp3) is 0.600. The molecule has 2 amide bonds. The maximum absolute atomic E-state index is 12.7.